The van der Waals surface area contributed by atoms with Gasteiger partial charge in [-0.15, -0.1) is 0 Å². The molecule has 0 saturated heterocycles. The Kier molecular flexibility index (Phi) is 5.58. The fourth-order valence-electron chi connectivity index (χ4n) is 1.70. The quantitative estimate of drug-likeness (QED) is 0.813. The maximum absolute atomic E-state index is 10.7. The molecule has 4 nitrogen and oxygen atoms in total. The van der Waals surface area contributed by atoms with Crippen molar-refractivity contribution in [2.75, 3.05) is 19.1 Å². The Morgan fingerprint density at radius 2 is 2.29 bits per heavy atom. The zero-order valence-electron chi connectivity index (χ0n) is 10.5. The first-order chi connectivity index (χ1) is 8.08. The number of carboxylic acids is 1. The van der Waals surface area contributed by atoms with Gasteiger partial charge in [0.05, 0.1) is 6.54 Å². The third kappa shape index (κ3) is 4.09. The van der Waals surface area contributed by atoms with Crippen LogP contribution in [0, 0.1) is 0 Å². The van der Waals surface area contributed by atoms with Crippen LogP contribution in [0.1, 0.15) is 29.7 Å². The van der Waals surface area contributed by atoms with Gasteiger partial charge in [0.25, 0.3) is 0 Å². The topological polar surface area (TPSA) is 53.7 Å². The maximum Gasteiger partial charge on any atom is 0.371 e. The van der Waals surface area contributed by atoms with Crippen LogP contribution in [-0.4, -0.2) is 41.1 Å². The zero-order valence-corrected chi connectivity index (χ0v) is 11.3. The van der Waals surface area contributed by atoms with Crippen LogP contribution < -0.4 is 0 Å². The van der Waals surface area contributed by atoms with Crippen molar-refractivity contribution in [3.05, 3.63) is 23.7 Å². The molecule has 0 aromatic carbocycles. The number of nitrogens with zero attached hydrogens (tertiary/aromatic N) is 1. The normalized spacial score (nSPS) is 12.9. The summed E-state index contributed by atoms with van der Waals surface area (Å²) in [5.74, 6) is 0.755. The predicted molar refractivity (Wildman–Crippen MR) is 69.6 cm³/mol. The summed E-state index contributed by atoms with van der Waals surface area (Å²) in [6, 6.07) is 3.72. The Labute approximate surface area is 106 Å². The Hall–Kier alpha value is -0.940. The molecule has 1 N–H and O–H groups in total. The molecule has 0 spiro atoms. The zero-order chi connectivity index (χ0) is 12.8. The van der Waals surface area contributed by atoms with Crippen LogP contribution in [-0.2, 0) is 6.54 Å². The molecule has 0 aliphatic carbocycles. The van der Waals surface area contributed by atoms with Crippen LogP contribution in [0.4, 0.5) is 0 Å². The number of furan rings is 1. The molecule has 0 radical (unpaired) electrons. The minimum absolute atomic E-state index is 0.00585. The van der Waals surface area contributed by atoms with Crippen molar-refractivity contribution in [1.29, 1.82) is 0 Å². The van der Waals surface area contributed by atoms with E-state index in [2.05, 4.69) is 18.1 Å². The summed E-state index contributed by atoms with van der Waals surface area (Å²) in [5, 5.41) is 8.76. The molecule has 1 aromatic rings. The molecule has 5 heteroatoms. The largest absolute Gasteiger partial charge is 0.475 e. The minimum atomic E-state index is -1.02. The van der Waals surface area contributed by atoms with Gasteiger partial charge in [-0.3, -0.25) is 4.90 Å². The molecule has 0 saturated carbocycles. The number of hydrogen-bond acceptors (Lipinski definition) is 4. The van der Waals surface area contributed by atoms with Crippen LogP contribution in [0.5, 0.6) is 0 Å². The second-order valence-electron chi connectivity index (χ2n) is 4.00. The second kappa shape index (κ2) is 6.71. The second-order valence-corrected chi connectivity index (χ2v) is 4.91. The monoisotopic (exact) mass is 257 g/mol. The number of carboxylic acid groups (broad SMARTS) is 1. The molecule has 1 unspecified atom stereocenters. The van der Waals surface area contributed by atoms with Crippen LogP contribution in [0.3, 0.4) is 0 Å². The van der Waals surface area contributed by atoms with Crippen LogP contribution in [0.15, 0.2) is 16.5 Å². The van der Waals surface area contributed by atoms with E-state index >= 15 is 0 Å². The van der Waals surface area contributed by atoms with E-state index in [1.165, 1.54) is 6.07 Å². The molecule has 1 atom stereocenters. The van der Waals surface area contributed by atoms with E-state index in [1.54, 1.807) is 6.07 Å². The number of aromatic carboxylic acids is 1. The maximum atomic E-state index is 10.7. The van der Waals surface area contributed by atoms with Gasteiger partial charge in [0, 0.05) is 11.8 Å². The summed E-state index contributed by atoms with van der Waals surface area (Å²) in [6.45, 7) is 2.80. The molecule has 0 fully saturated rings. The Morgan fingerprint density at radius 3 is 2.76 bits per heavy atom. The molecule has 0 aliphatic heterocycles. The first-order valence-corrected chi connectivity index (χ1v) is 6.99. The fourth-order valence-corrected chi connectivity index (χ4v) is 2.58. The predicted octanol–water partition coefficient (Wildman–Crippen LogP) is 2.55. The smallest absolute Gasteiger partial charge is 0.371 e. The van der Waals surface area contributed by atoms with Gasteiger partial charge in [0.2, 0.25) is 5.76 Å². The average molecular weight is 257 g/mol. The van der Waals surface area contributed by atoms with Crippen molar-refractivity contribution >= 4 is 17.7 Å². The van der Waals surface area contributed by atoms with Gasteiger partial charge in [-0.1, -0.05) is 6.92 Å². The van der Waals surface area contributed by atoms with Gasteiger partial charge in [0.15, 0.2) is 0 Å². The van der Waals surface area contributed by atoms with Gasteiger partial charge >= 0.3 is 5.97 Å². The standard InChI is InChI=1S/C12H19NO3S/c1-4-9(8-17-3)13(2)7-10-5-6-11(16-10)12(14)15/h5-6,9H,4,7-8H2,1-3H3,(H,14,15). The van der Waals surface area contributed by atoms with E-state index in [1.807, 2.05) is 18.8 Å². The van der Waals surface area contributed by atoms with Gasteiger partial charge < -0.3 is 9.52 Å². The summed E-state index contributed by atoms with van der Waals surface area (Å²) in [7, 11) is 2.04. The third-order valence-electron chi connectivity index (χ3n) is 2.73. The van der Waals surface area contributed by atoms with E-state index in [0.29, 0.717) is 18.3 Å². The van der Waals surface area contributed by atoms with Crippen molar-refractivity contribution in [3.8, 4) is 0 Å². The molecule has 0 aliphatic rings. The lowest BCUT2D eigenvalue weighted by molar-refractivity contribution is 0.0658. The van der Waals surface area contributed by atoms with Gasteiger partial charge in [-0.05, 0) is 31.9 Å². The van der Waals surface area contributed by atoms with Crippen molar-refractivity contribution < 1.29 is 14.3 Å². The summed E-state index contributed by atoms with van der Waals surface area (Å²) in [4.78, 5) is 12.9. The Bertz CT molecular complexity index is 364. The number of carbonyl (C=O) groups is 1. The Morgan fingerprint density at radius 1 is 1.59 bits per heavy atom. The SMILES string of the molecule is CCC(CSC)N(C)Cc1ccc(C(=O)O)o1. The first kappa shape index (κ1) is 14.1. The molecule has 1 aromatic heterocycles. The van der Waals surface area contributed by atoms with Crippen molar-refractivity contribution in [1.82, 2.24) is 4.90 Å². The molecule has 1 heterocycles. The van der Waals surface area contributed by atoms with Crippen LogP contribution >= 0.6 is 11.8 Å². The lowest BCUT2D eigenvalue weighted by atomic mass is 10.2. The number of hydrogen-bond donors (Lipinski definition) is 1. The summed E-state index contributed by atoms with van der Waals surface area (Å²) < 4.78 is 5.24. The number of rotatable bonds is 7. The molecular formula is C12H19NO3S. The summed E-state index contributed by atoms with van der Waals surface area (Å²) >= 11 is 1.82. The van der Waals surface area contributed by atoms with Gasteiger partial charge in [0.1, 0.15) is 5.76 Å². The van der Waals surface area contributed by atoms with E-state index in [9.17, 15) is 4.79 Å². The first-order valence-electron chi connectivity index (χ1n) is 5.59. The molecular weight excluding hydrogens is 238 g/mol. The fraction of sp³-hybridized carbons (Fsp3) is 0.583. The Balaban J connectivity index is 2.59. The van der Waals surface area contributed by atoms with Crippen molar-refractivity contribution in [2.24, 2.45) is 0 Å². The lowest BCUT2D eigenvalue weighted by Crippen LogP contribution is -2.32. The molecule has 0 bridgehead atoms. The molecule has 17 heavy (non-hydrogen) atoms. The highest BCUT2D eigenvalue weighted by Gasteiger charge is 2.15. The van der Waals surface area contributed by atoms with Crippen LogP contribution in [0.25, 0.3) is 0 Å². The van der Waals surface area contributed by atoms with E-state index in [-0.39, 0.29) is 5.76 Å². The molecule has 96 valence electrons. The average Bonchev–Trinajstić information content (AvgIpc) is 2.74. The summed E-state index contributed by atoms with van der Waals surface area (Å²) in [6.07, 6.45) is 3.16. The molecule has 1 rings (SSSR count). The molecule has 0 amide bonds. The summed E-state index contributed by atoms with van der Waals surface area (Å²) in [5.41, 5.74) is 0. The highest BCUT2D eigenvalue weighted by atomic mass is 32.2. The van der Waals surface area contributed by atoms with Crippen molar-refractivity contribution in [2.45, 2.75) is 25.9 Å². The lowest BCUT2D eigenvalue weighted by Gasteiger charge is -2.25. The third-order valence-corrected chi connectivity index (χ3v) is 3.45. The highest BCUT2D eigenvalue weighted by molar-refractivity contribution is 7.98. The van der Waals surface area contributed by atoms with Crippen LogP contribution in [0.2, 0.25) is 0 Å². The van der Waals surface area contributed by atoms with E-state index in [0.717, 1.165) is 12.2 Å². The van der Waals surface area contributed by atoms with Gasteiger partial charge in [-0.25, -0.2) is 4.79 Å². The van der Waals surface area contributed by atoms with Crippen molar-refractivity contribution in [3.63, 3.8) is 0 Å². The minimum Gasteiger partial charge on any atom is -0.475 e. The number of thioether (sulfide) groups is 1. The van der Waals surface area contributed by atoms with E-state index in [4.69, 9.17) is 9.52 Å². The highest BCUT2D eigenvalue weighted by Crippen LogP contribution is 2.14. The van der Waals surface area contributed by atoms with E-state index < -0.39 is 5.97 Å². The van der Waals surface area contributed by atoms with Gasteiger partial charge in [-0.2, -0.15) is 11.8 Å².